The zero-order valence-electron chi connectivity index (χ0n) is 19.3. The van der Waals surface area contributed by atoms with Crippen molar-refractivity contribution in [2.75, 3.05) is 12.3 Å². The molecule has 0 saturated carbocycles. The van der Waals surface area contributed by atoms with Gasteiger partial charge in [0.1, 0.15) is 6.04 Å². The van der Waals surface area contributed by atoms with E-state index in [9.17, 15) is 9.59 Å². The summed E-state index contributed by atoms with van der Waals surface area (Å²) in [5.41, 5.74) is 2.88. The molecule has 0 heterocycles. The maximum atomic E-state index is 13.6. The Bertz CT molecular complexity index is 1110. The molecule has 0 fully saturated rings. The molecule has 0 aliphatic rings. The molecule has 178 valence electrons. The van der Waals surface area contributed by atoms with E-state index in [0.29, 0.717) is 23.0 Å². The van der Waals surface area contributed by atoms with Crippen molar-refractivity contribution in [1.82, 2.24) is 10.2 Å². The molecule has 2 amide bonds. The first-order valence-corrected chi connectivity index (χ1v) is 12.9. The maximum Gasteiger partial charge on any atom is 0.243 e. The summed E-state index contributed by atoms with van der Waals surface area (Å²) in [5, 5.41) is 3.88. The van der Waals surface area contributed by atoms with Gasteiger partial charge in [0.2, 0.25) is 11.8 Å². The minimum absolute atomic E-state index is 0.135. The summed E-state index contributed by atoms with van der Waals surface area (Å²) in [6.45, 7) is 4.58. The number of aryl methyl sites for hydroxylation is 1. The lowest BCUT2D eigenvalue weighted by Crippen LogP contribution is -2.51. The Morgan fingerprint density at radius 2 is 1.71 bits per heavy atom. The number of amides is 2. The molecule has 0 radical (unpaired) electrons. The van der Waals surface area contributed by atoms with E-state index in [1.54, 1.807) is 23.1 Å². The first-order valence-electron chi connectivity index (χ1n) is 11.1. The molecular weight excluding hydrogens is 487 g/mol. The fourth-order valence-corrected chi connectivity index (χ4v) is 4.79. The Balaban J connectivity index is 1.91. The third-order valence-electron chi connectivity index (χ3n) is 5.36. The highest BCUT2D eigenvalue weighted by molar-refractivity contribution is 8.00. The summed E-state index contributed by atoms with van der Waals surface area (Å²) < 4.78 is 0. The minimum Gasteiger partial charge on any atom is -0.355 e. The van der Waals surface area contributed by atoms with Crippen LogP contribution in [0, 0.1) is 6.92 Å². The van der Waals surface area contributed by atoms with Crippen molar-refractivity contribution in [3.8, 4) is 0 Å². The molecule has 7 heteroatoms. The molecule has 1 atom stereocenters. The second kappa shape index (κ2) is 12.8. The monoisotopic (exact) mass is 514 g/mol. The number of rotatable bonds is 10. The molecule has 1 N–H and O–H groups in total. The molecular formula is C27H28Cl2N2O2S. The SMILES string of the molecule is CCNC(=O)[C@H](Cc1ccccc1)N(Cc1ccc(Cl)cc1Cl)C(=O)CSc1ccc(C)cc1. The van der Waals surface area contributed by atoms with E-state index in [0.717, 1.165) is 21.6 Å². The number of benzene rings is 3. The van der Waals surface area contributed by atoms with Crippen molar-refractivity contribution in [3.63, 3.8) is 0 Å². The Labute approximate surface area is 215 Å². The van der Waals surface area contributed by atoms with E-state index in [4.69, 9.17) is 23.2 Å². The Morgan fingerprint density at radius 1 is 1.00 bits per heavy atom. The van der Waals surface area contributed by atoms with Gasteiger partial charge in [-0.25, -0.2) is 0 Å². The number of nitrogens with one attached hydrogen (secondary N) is 1. The van der Waals surface area contributed by atoms with Crippen LogP contribution in [-0.2, 0) is 22.6 Å². The molecule has 0 aliphatic carbocycles. The van der Waals surface area contributed by atoms with Crippen molar-refractivity contribution in [1.29, 1.82) is 0 Å². The van der Waals surface area contributed by atoms with Gasteiger partial charge in [-0.2, -0.15) is 0 Å². The highest BCUT2D eigenvalue weighted by Crippen LogP contribution is 2.25. The molecule has 4 nitrogen and oxygen atoms in total. The Hall–Kier alpha value is -2.47. The van der Waals surface area contributed by atoms with Gasteiger partial charge >= 0.3 is 0 Å². The second-order valence-corrected chi connectivity index (χ2v) is 9.85. The maximum absolute atomic E-state index is 13.6. The molecule has 3 rings (SSSR count). The lowest BCUT2D eigenvalue weighted by atomic mass is 10.0. The van der Waals surface area contributed by atoms with Crippen LogP contribution in [0.25, 0.3) is 0 Å². The molecule has 0 aromatic heterocycles. The van der Waals surface area contributed by atoms with Crippen LogP contribution in [-0.4, -0.2) is 35.1 Å². The standard InChI is InChI=1S/C27H28Cl2N2O2S/c1-3-30-27(33)25(15-20-7-5-4-6-8-20)31(17-21-11-12-22(28)16-24(21)29)26(32)18-34-23-13-9-19(2)10-14-23/h4-14,16,25H,3,15,17-18H2,1-2H3,(H,30,33)/t25-/m0/s1. The predicted octanol–water partition coefficient (Wildman–Crippen LogP) is 6.17. The first kappa shape index (κ1) is 26.1. The van der Waals surface area contributed by atoms with Crippen LogP contribution in [0.15, 0.2) is 77.7 Å². The highest BCUT2D eigenvalue weighted by atomic mass is 35.5. The van der Waals surface area contributed by atoms with Gasteiger partial charge in [-0.1, -0.05) is 77.3 Å². The van der Waals surface area contributed by atoms with E-state index >= 15 is 0 Å². The fraction of sp³-hybridized carbons (Fsp3) is 0.259. The number of hydrogen-bond donors (Lipinski definition) is 1. The predicted molar refractivity (Wildman–Crippen MR) is 142 cm³/mol. The van der Waals surface area contributed by atoms with Crippen molar-refractivity contribution in [3.05, 3.63) is 99.5 Å². The molecule has 3 aromatic rings. The number of halogens is 2. The third kappa shape index (κ3) is 7.52. The van der Waals surface area contributed by atoms with Gasteiger partial charge < -0.3 is 10.2 Å². The van der Waals surface area contributed by atoms with Gasteiger partial charge in [-0.05, 0) is 49.2 Å². The lowest BCUT2D eigenvalue weighted by Gasteiger charge is -2.31. The summed E-state index contributed by atoms with van der Waals surface area (Å²) in [7, 11) is 0. The number of carbonyl (C=O) groups excluding carboxylic acids is 2. The molecule has 0 bridgehead atoms. The van der Waals surface area contributed by atoms with Crippen LogP contribution in [0.4, 0.5) is 0 Å². The summed E-state index contributed by atoms with van der Waals surface area (Å²) in [6, 6.07) is 22.3. The largest absolute Gasteiger partial charge is 0.355 e. The summed E-state index contributed by atoms with van der Waals surface area (Å²) in [6.07, 6.45) is 0.402. The topological polar surface area (TPSA) is 49.4 Å². The molecule has 34 heavy (non-hydrogen) atoms. The van der Waals surface area contributed by atoms with Crippen LogP contribution in [0.5, 0.6) is 0 Å². The van der Waals surface area contributed by atoms with E-state index in [1.165, 1.54) is 11.8 Å². The first-order chi connectivity index (χ1) is 16.4. The quantitative estimate of drug-likeness (QED) is 0.329. The minimum atomic E-state index is -0.680. The molecule has 3 aromatic carbocycles. The van der Waals surface area contributed by atoms with Gasteiger partial charge in [-0.15, -0.1) is 11.8 Å². The van der Waals surface area contributed by atoms with Crippen molar-refractivity contribution >= 4 is 46.8 Å². The summed E-state index contributed by atoms with van der Waals surface area (Å²) >= 11 is 14.0. The van der Waals surface area contributed by atoms with Crippen LogP contribution < -0.4 is 5.32 Å². The van der Waals surface area contributed by atoms with E-state index < -0.39 is 6.04 Å². The van der Waals surface area contributed by atoms with Crippen molar-refractivity contribution in [2.24, 2.45) is 0 Å². The van der Waals surface area contributed by atoms with E-state index in [1.807, 2.05) is 68.4 Å². The molecule has 0 aliphatic heterocycles. The smallest absolute Gasteiger partial charge is 0.243 e. The highest BCUT2D eigenvalue weighted by Gasteiger charge is 2.30. The van der Waals surface area contributed by atoms with Crippen LogP contribution in [0.2, 0.25) is 10.0 Å². The normalized spacial score (nSPS) is 11.6. The number of thioether (sulfide) groups is 1. The fourth-order valence-electron chi connectivity index (χ4n) is 3.54. The number of carbonyl (C=O) groups is 2. The van der Waals surface area contributed by atoms with Crippen molar-refractivity contribution in [2.45, 2.75) is 37.8 Å². The molecule has 0 spiro atoms. The number of hydrogen-bond acceptors (Lipinski definition) is 3. The molecule has 0 saturated heterocycles. The summed E-state index contributed by atoms with van der Waals surface area (Å²) in [5.74, 6) is -0.118. The van der Waals surface area contributed by atoms with Crippen LogP contribution >= 0.6 is 35.0 Å². The summed E-state index contributed by atoms with van der Waals surface area (Å²) in [4.78, 5) is 29.4. The average molecular weight is 516 g/mol. The van der Waals surface area contributed by atoms with E-state index in [-0.39, 0.29) is 24.1 Å². The zero-order chi connectivity index (χ0) is 24.5. The number of nitrogens with zero attached hydrogens (tertiary/aromatic N) is 1. The van der Waals surface area contributed by atoms with Crippen molar-refractivity contribution < 1.29 is 9.59 Å². The van der Waals surface area contributed by atoms with Gasteiger partial charge in [-0.3, -0.25) is 9.59 Å². The van der Waals surface area contributed by atoms with E-state index in [2.05, 4.69) is 5.32 Å². The van der Waals surface area contributed by atoms with Gasteiger partial charge in [0.05, 0.1) is 5.75 Å². The Morgan fingerprint density at radius 3 is 2.35 bits per heavy atom. The van der Waals surface area contributed by atoms with Crippen LogP contribution in [0.3, 0.4) is 0 Å². The molecule has 0 unspecified atom stereocenters. The second-order valence-electron chi connectivity index (χ2n) is 7.96. The lowest BCUT2D eigenvalue weighted by molar-refractivity contribution is -0.139. The average Bonchev–Trinajstić information content (AvgIpc) is 2.82. The van der Waals surface area contributed by atoms with Gasteiger partial charge in [0, 0.05) is 34.5 Å². The van der Waals surface area contributed by atoms with Crippen LogP contribution in [0.1, 0.15) is 23.6 Å². The van der Waals surface area contributed by atoms with Gasteiger partial charge in [0.15, 0.2) is 0 Å². The zero-order valence-corrected chi connectivity index (χ0v) is 21.6. The van der Waals surface area contributed by atoms with Gasteiger partial charge in [0.25, 0.3) is 0 Å². The number of likely N-dealkylation sites (N-methyl/N-ethyl adjacent to an activating group) is 1. The Kier molecular flexibility index (Phi) is 9.87. The third-order valence-corrected chi connectivity index (χ3v) is 6.94.